The van der Waals surface area contributed by atoms with Gasteiger partial charge in [0, 0.05) is 18.1 Å². The average Bonchev–Trinajstić information content (AvgIpc) is 2.82. The minimum Gasteiger partial charge on any atom is -0.479 e. The number of benzene rings is 1. The Balaban J connectivity index is 2.25. The van der Waals surface area contributed by atoms with E-state index < -0.39 is 17.4 Å². The molecule has 102 valence electrons. The minimum atomic E-state index is -1.40. The molecule has 5 nitrogen and oxygen atoms in total. The molecule has 1 amide bonds. The molecule has 2 rings (SSSR count). The van der Waals surface area contributed by atoms with Crippen molar-refractivity contribution in [3.8, 4) is 0 Å². The zero-order chi connectivity index (χ0) is 14.0. The molecule has 0 aromatic heterocycles. The van der Waals surface area contributed by atoms with Gasteiger partial charge < -0.3 is 15.2 Å². The van der Waals surface area contributed by atoms with E-state index in [0.717, 1.165) is 0 Å². The van der Waals surface area contributed by atoms with E-state index in [-0.39, 0.29) is 30.2 Å². The number of nitrogens with one attached hydrogen (secondary N) is 1. The number of amides is 1. The van der Waals surface area contributed by atoms with Gasteiger partial charge in [0.2, 0.25) is 0 Å². The molecule has 1 aliphatic rings. The molecule has 1 aliphatic heterocycles. The predicted octanol–water partition coefficient (Wildman–Crippen LogP) is 1.97. The smallest absolute Gasteiger partial charge is 0.331 e. The van der Waals surface area contributed by atoms with Gasteiger partial charge in [-0.2, -0.15) is 0 Å². The van der Waals surface area contributed by atoms with Gasteiger partial charge in [0.05, 0.1) is 17.2 Å². The Labute approximate surface area is 119 Å². The Bertz CT molecular complexity index is 526. The van der Waals surface area contributed by atoms with Crippen molar-refractivity contribution < 1.29 is 19.4 Å². The van der Waals surface area contributed by atoms with E-state index in [1.54, 1.807) is 6.07 Å². The Hall–Kier alpha value is -1.30. The first-order valence-corrected chi connectivity index (χ1v) is 6.29. The van der Waals surface area contributed by atoms with Gasteiger partial charge in [-0.3, -0.25) is 4.79 Å². The van der Waals surface area contributed by atoms with Crippen LogP contribution in [-0.2, 0) is 9.53 Å². The van der Waals surface area contributed by atoms with Crippen molar-refractivity contribution >= 4 is 35.1 Å². The highest BCUT2D eigenvalue weighted by Gasteiger charge is 2.44. The molecular formula is C12H11Cl2NO4. The molecular weight excluding hydrogens is 293 g/mol. The van der Waals surface area contributed by atoms with Crippen LogP contribution in [0.15, 0.2) is 18.2 Å². The summed E-state index contributed by atoms with van der Waals surface area (Å²) in [6, 6.07) is 4.42. The Morgan fingerprint density at radius 2 is 2.11 bits per heavy atom. The number of hydrogen-bond donors (Lipinski definition) is 2. The van der Waals surface area contributed by atoms with E-state index in [1.165, 1.54) is 12.1 Å². The van der Waals surface area contributed by atoms with Crippen molar-refractivity contribution in [1.82, 2.24) is 5.32 Å². The second-order valence-electron chi connectivity index (χ2n) is 4.27. The summed E-state index contributed by atoms with van der Waals surface area (Å²) in [6.07, 6.45) is 0.215. The number of halogens is 2. The van der Waals surface area contributed by atoms with Gasteiger partial charge in [-0.15, -0.1) is 0 Å². The molecule has 7 heteroatoms. The number of aliphatic carboxylic acids is 1. The Morgan fingerprint density at radius 1 is 1.37 bits per heavy atom. The van der Waals surface area contributed by atoms with Crippen LogP contribution >= 0.6 is 23.2 Å². The largest absolute Gasteiger partial charge is 0.479 e. The summed E-state index contributed by atoms with van der Waals surface area (Å²) in [4.78, 5) is 23.4. The van der Waals surface area contributed by atoms with E-state index in [2.05, 4.69) is 5.32 Å². The van der Waals surface area contributed by atoms with Crippen LogP contribution in [0.25, 0.3) is 0 Å². The summed E-state index contributed by atoms with van der Waals surface area (Å²) in [5.74, 6) is -1.71. The first-order chi connectivity index (χ1) is 8.94. The van der Waals surface area contributed by atoms with Crippen molar-refractivity contribution in [2.24, 2.45) is 0 Å². The maximum Gasteiger partial charge on any atom is 0.331 e. The topological polar surface area (TPSA) is 75.6 Å². The summed E-state index contributed by atoms with van der Waals surface area (Å²) in [7, 11) is 0. The SMILES string of the molecule is O=C(NC1(C(=O)O)CCOC1)c1cc(Cl)ccc1Cl. The number of carbonyl (C=O) groups excluding carboxylic acids is 1. The van der Waals surface area contributed by atoms with E-state index in [1.807, 2.05) is 0 Å². The molecule has 1 atom stereocenters. The number of ether oxygens (including phenoxy) is 1. The highest BCUT2D eigenvalue weighted by molar-refractivity contribution is 6.35. The highest BCUT2D eigenvalue weighted by Crippen LogP contribution is 2.24. The standard InChI is InChI=1S/C12H11Cl2NO4/c13-7-1-2-9(14)8(5-7)10(16)15-12(11(17)18)3-4-19-6-12/h1-2,5H,3-4,6H2,(H,15,16)(H,17,18). The Morgan fingerprint density at radius 3 is 2.68 bits per heavy atom. The van der Waals surface area contributed by atoms with E-state index in [0.29, 0.717) is 5.02 Å². The normalized spacial score (nSPS) is 22.2. The summed E-state index contributed by atoms with van der Waals surface area (Å²) in [6.45, 7) is 0.224. The lowest BCUT2D eigenvalue weighted by Gasteiger charge is -2.23. The average molecular weight is 304 g/mol. The van der Waals surface area contributed by atoms with Gasteiger partial charge in [0.25, 0.3) is 5.91 Å². The molecule has 0 bridgehead atoms. The lowest BCUT2D eigenvalue weighted by Crippen LogP contribution is -2.55. The highest BCUT2D eigenvalue weighted by atomic mass is 35.5. The maximum absolute atomic E-state index is 12.1. The van der Waals surface area contributed by atoms with Gasteiger partial charge in [0.15, 0.2) is 5.54 Å². The summed E-state index contributed by atoms with van der Waals surface area (Å²) in [5.41, 5.74) is -1.26. The van der Waals surface area contributed by atoms with E-state index >= 15 is 0 Å². The van der Waals surface area contributed by atoms with E-state index in [4.69, 9.17) is 27.9 Å². The van der Waals surface area contributed by atoms with Crippen LogP contribution < -0.4 is 5.32 Å². The lowest BCUT2D eigenvalue weighted by atomic mass is 9.98. The third-order valence-electron chi connectivity index (χ3n) is 2.96. The number of hydrogen-bond acceptors (Lipinski definition) is 3. The molecule has 1 aromatic carbocycles. The summed E-state index contributed by atoms with van der Waals surface area (Å²) >= 11 is 11.7. The van der Waals surface area contributed by atoms with Gasteiger partial charge in [-0.25, -0.2) is 4.79 Å². The molecule has 1 unspecified atom stereocenters. The number of rotatable bonds is 3. The van der Waals surface area contributed by atoms with Crippen molar-refractivity contribution in [1.29, 1.82) is 0 Å². The second-order valence-corrected chi connectivity index (χ2v) is 5.11. The Kier molecular flexibility index (Phi) is 3.99. The first kappa shape index (κ1) is 14.1. The van der Waals surface area contributed by atoms with Crippen molar-refractivity contribution in [2.45, 2.75) is 12.0 Å². The molecule has 0 radical (unpaired) electrons. The lowest BCUT2D eigenvalue weighted by molar-refractivity contribution is -0.144. The van der Waals surface area contributed by atoms with Crippen LogP contribution in [0.5, 0.6) is 0 Å². The van der Waals surface area contributed by atoms with Crippen LogP contribution in [0.1, 0.15) is 16.8 Å². The van der Waals surface area contributed by atoms with Gasteiger partial charge in [-0.1, -0.05) is 23.2 Å². The number of carboxylic acid groups (broad SMARTS) is 1. The third kappa shape index (κ3) is 2.83. The molecule has 1 fully saturated rings. The predicted molar refractivity (Wildman–Crippen MR) is 69.7 cm³/mol. The van der Waals surface area contributed by atoms with Crippen LogP contribution in [0.3, 0.4) is 0 Å². The molecule has 0 saturated carbocycles. The molecule has 2 N–H and O–H groups in total. The van der Waals surface area contributed by atoms with Gasteiger partial charge in [0.1, 0.15) is 0 Å². The molecule has 0 aliphatic carbocycles. The second kappa shape index (κ2) is 5.36. The van der Waals surface area contributed by atoms with Crippen LogP contribution in [0, 0.1) is 0 Å². The van der Waals surface area contributed by atoms with Gasteiger partial charge in [-0.05, 0) is 18.2 Å². The number of carboxylic acids is 1. The quantitative estimate of drug-likeness (QED) is 0.895. The molecule has 1 saturated heterocycles. The summed E-state index contributed by atoms with van der Waals surface area (Å²) in [5, 5.41) is 12.3. The minimum absolute atomic E-state index is 0.0632. The van der Waals surface area contributed by atoms with Gasteiger partial charge >= 0.3 is 5.97 Å². The van der Waals surface area contributed by atoms with Crippen molar-refractivity contribution in [2.75, 3.05) is 13.2 Å². The van der Waals surface area contributed by atoms with Crippen molar-refractivity contribution in [3.05, 3.63) is 33.8 Å². The summed E-state index contributed by atoms with van der Waals surface area (Å²) < 4.78 is 5.06. The molecule has 19 heavy (non-hydrogen) atoms. The zero-order valence-electron chi connectivity index (χ0n) is 9.78. The molecule has 1 heterocycles. The van der Waals surface area contributed by atoms with Crippen LogP contribution in [-0.4, -0.2) is 35.7 Å². The fourth-order valence-electron chi connectivity index (χ4n) is 1.84. The first-order valence-electron chi connectivity index (χ1n) is 5.53. The fraction of sp³-hybridized carbons (Fsp3) is 0.333. The van der Waals surface area contributed by atoms with Crippen molar-refractivity contribution in [3.63, 3.8) is 0 Å². The monoisotopic (exact) mass is 303 g/mol. The fourth-order valence-corrected chi connectivity index (χ4v) is 2.22. The molecule has 1 aromatic rings. The van der Waals surface area contributed by atoms with Crippen LogP contribution in [0.4, 0.5) is 0 Å². The zero-order valence-corrected chi connectivity index (χ0v) is 11.3. The molecule has 0 spiro atoms. The number of carbonyl (C=O) groups is 2. The maximum atomic E-state index is 12.1. The van der Waals surface area contributed by atoms with Crippen LogP contribution in [0.2, 0.25) is 10.0 Å². The third-order valence-corrected chi connectivity index (χ3v) is 3.52. The van der Waals surface area contributed by atoms with E-state index in [9.17, 15) is 14.7 Å².